The quantitative estimate of drug-likeness (QED) is 0.857. The first-order valence-electron chi connectivity index (χ1n) is 5.43. The summed E-state index contributed by atoms with van der Waals surface area (Å²) in [6.07, 6.45) is 1.50. The highest BCUT2D eigenvalue weighted by Crippen LogP contribution is 2.24. The maximum atomic E-state index is 12.1. The Bertz CT molecular complexity index is 735. The van der Waals surface area contributed by atoms with Gasteiger partial charge in [0.1, 0.15) is 10.0 Å². The van der Waals surface area contributed by atoms with Crippen LogP contribution in [-0.4, -0.2) is 13.4 Å². The van der Waals surface area contributed by atoms with Gasteiger partial charge >= 0.3 is 0 Å². The third-order valence-corrected chi connectivity index (χ3v) is 4.77. The first kappa shape index (κ1) is 15.5. The molecular formula is C12H9Cl3N2O2S. The molecule has 0 aliphatic carbocycles. The molecule has 1 heterocycles. The minimum Gasteiger partial charge on any atom is -0.245 e. The number of nitrogens with zero attached hydrogens (tertiary/aromatic N) is 1. The highest BCUT2D eigenvalue weighted by Gasteiger charge is 2.17. The highest BCUT2D eigenvalue weighted by molar-refractivity contribution is 7.89. The number of aromatic nitrogens is 1. The predicted octanol–water partition coefficient (Wildman–Crippen LogP) is 3.52. The molecule has 0 fully saturated rings. The molecule has 2 rings (SSSR count). The summed E-state index contributed by atoms with van der Waals surface area (Å²) in [7, 11) is -3.72. The molecule has 0 radical (unpaired) electrons. The number of nitrogens with one attached hydrogen (secondary N) is 1. The van der Waals surface area contributed by atoms with Crippen LogP contribution in [0.25, 0.3) is 0 Å². The van der Waals surface area contributed by atoms with Crippen molar-refractivity contribution >= 4 is 44.8 Å². The molecule has 0 aliphatic rings. The zero-order valence-electron chi connectivity index (χ0n) is 9.98. The van der Waals surface area contributed by atoms with Crippen LogP contribution >= 0.6 is 34.8 Å². The summed E-state index contributed by atoms with van der Waals surface area (Å²) in [5, 5.41) is 0.735. The molecule has 106 valence electrons. The molecule has 1 N–H and O–H groups in total. The Labute approximate surface area is 131 Å². The van der Waals surface area contributed by atoms with Crippen LogP contribution in [0.1, 0.15) is 5.56 Å². The van der Waals surface area contributed by atoms with Crippen molar-refractivity contribution in [2.24, 2.45) is 0 Å². The van der Waals surface area contributed by atoms with Gasteiger partial charge in [-0.2, -0.15) is 0 Å². The van der Waals surface area contributed by atoms with E-state index in [1.807, 2.05) is 0 Å². The van der Waals surface area contributed by atoms with E-state index in [2.05, 4.69) is 9.71 Å². The van der Waals surface area contributed by atoms with Gasteiger partial charge in [-0.1, -0.05) is 34.8 Å². The lowest BCUT2D eigenvalue weighted by Crippen LogP contribution is -2.23. The standard InChI is InChI=1S/C12H9Cl3N2O2S/c13-9-1-2-11(10(14)6-9)20(18,19)17-7-8-3-4-16-12(15)5-8/h1-6,17H,7H2. The topological polar surface area (TPSA) is 59.1 Å². The Hall–Kier alpha value is -0.850. The van der Waals surface area contributed by atoms with Crippen LogP contribution in [0.5, 0.6) is 0 Å². The average molecular weight is 352 g/mol. The first-order valence-corrected chi connectivity index (χ1v) is 8.05. The Morgan fingerprint density at radius 1 is 1.10 bits per heavy atom. The minimum atomic E-state index is -3.72. The molecule has 1 aromatic heterocycles. The number of benzene rings is 1. The van der Waals surface area contributed by atoms with Gasteiger partial charge in [-0.15, -0.1) is 0 Å². The zero-order valence-corrected chi connectivity index (χ0v) is 13.1. The third-order valence-electron chi connectivity index (χ3n) is 2.44. The summed E-state index contributed by atoms with van der Waals surface area (Å²) >= 11 is 17.4. The van der Waals surface area contributed by atoms with Crippen LogP contribution in [0.2, 0.25) is 15.2 Å². The molecule has 0 aliphatic heterocycles. The number of pyridine rings is 1. The molecule has 2 aromatic rings. The van der Waals surface area contributed by atoms with Gasteiger partial charge in [0.15, 0.2) is 0 Å². The van der Waals surface area contributed by atoms with Crippen LogP contribution < -0.4 is 4.72 Å². The summed E-state index contributed by atoms with van der Waals surface area (Å²) in [5.74, 6) is 0. The summed E-state index contributed by atoms with van der Waals surface area (Å²) in [6, 6.07) is 7.43. The molecule has 20 heavy (non-hydrogen) atoms. The average Bonchev–Trinajstić information content (AvgIpc) is 2.36. The number of hydrogen-bond donors (Lipinski definition) is 1. The monoisotopic (exact) mass is 350 g/mol. The van der Waals surface area contributed by atoms with Crippen LogP contribution in [0.3, 0.4) is 0 Å². The van der Waals surface area contributed by atoms with E-state index in [0.717, 1.165) is 0 Å². The van der Waals surface area contributed by atoms with Crippen molar-refractivity contribution in [1.82, 2.24) is 9.71 Å². The third kappa shape index (κ3) is 3.84. The van der Waals surface area contributed by atoms with Crippen molar-refractivity contribution < 1.29 is 8.42 Å². The largest absolute Gasteiger partial charge is 0.245 e. The van der Waals surface area contributed by atoms with Crippen molar-refractivity contribution in [1.29, 1.82) is 0 Å². The lowest BCUT2D eigenvalue weighted by molar-refractivity contribution is 0.581. The molecule has 0 saturated carbocycles. The summed E-state index contributed by atoms with van der Waals surface area (Å²) in [5.41, 5.74) is 0.693. The van der Waals surface area contributed by atoms with Gasteiger partial charge < -0.3 is 0 Å². The van der Waals surface area contributed by atoms with Crippen molar-refractivity contribution in [3.63, 3.8) is 0 Å². The lowest BCUT2D eigenvalue weighted by atomic mass is 10.3. The normalized spacial score (nSPS) is 11.6. The summed E-state index contributed by atoms with van der Waals surface area (Å²) in [6.45, 7) is 0.0868. The Morgan fingerprint density at radius 3 is 2.50 bits per heavy atom. The van der Waals surface area contributed by atoms with Crippen LogP contribution in [0.15, 0.2) is 41.4 Å². The van der Waals surface area contributed by atoms with Crippen molar-refractivity contribution in [2.75, 3.05) is 0 Å². The van der Waals surface area contributed by atoms with E-state index in [-0.39, 0.29) is 16.5 Å². The second-order valence-corrected chi connectivity index (χ2v) is 6.85. The molecule has 0 spiro atoms. The maximum absolute atomic E-state index is 12.1. The fourth-order valence-electron chi connectivity index (χ4n) is 1.50. The molecule has 0 amide bonds. The lowest BCUT2D eigenvalue weighted by Gasteiger charge is -2.08. The second kappa shape index (κ2) is 6.28. The Balaban J connectivity index is 2.19. The summed E-state index contributed by atoms with van der Waals surface area (Å²) in [4.78, 5) is 3.79. The summed E-state index contributed by atoms with van der Waals surface area (Å²) < 4.78 is 26.7. The maximum Gasteiger partial charge on any atom is 0.242 e. The van der Waals surface area contributed by atoms with Crippen molar-refractivity contribution in [3.8, 4) is 0 Å². The number of rotatable bonds is 4. The van der Waals surface area contributed by atoms with E-state index >= 15 is 0 Å². The van der Waals surface area contributed by atoms with Gasteiger partial charge in [0, 0.05) is 17.8 Å². The van der Waals surface area contributed by atoms with Gasteiger partial charge in [-0.25, -0.2) is 18.1 Å². The van der Waals surface area contributed by atoms with E-state index < -0.39 is 10.0 Å². The highest BCUT2D eigenvalue weighted by atomic mass is 35.5. The molecule has 4 nitrogen and oxygen atoms in total. The smallest absolute Gasteiger partial charge is 0.242 e. The SMILES string of the molecule is O=S(=O)(NCc1ccnc(Cl)c1)c1ccc(Cl)cc1Cl. The van der Waals surface area contributed by atoms with Gasteiger partial charge in [0.05, 0.1) is 5.02 Å². The second-order valence-electron chi connectivity index (χ2n) is 3.89. The van der Waals surface area contributed by atoms with Crippen LogP contribution in [0, 0.1) is 0 Å². The van der Waals surface area contributed by atoms with E-state index in [9.17, 15) is 8.42 Å². The fourth-order valence-corrected chi connectivity index (χ4v) is 3.49. The minimum absolute atomic E-state index is 0.0243. The predicted molar refractivity (Wildman–Crippen MR) is 79.7 cm³/mol. The van der Waals surface area contributed by atoms with Gasteiger partial charge in [-0.05, 0) is 35.9 Å². The molecule has 0 bridgehead atoms. The zero-order chi connectivity index (χ0) is 14.8. The van der Waals surface area contributed by atoms with E-state index in [4.69, 9.17) is 34.8 Å². The number of halogens is 3. The number of sulfonamides is 1. The van der Waals surface area contributed by atoms with E-state index in [1.54, 1.807) is 12.1 Å². The van der Waals surface area contributed by atoms with Gasteiger partial charge in [0.2, 0.25) is 10.0 Å². The number of hydrogen-bond acceptors (Lipinski definition) is 3. The molecule has 1 aromatic carbocycles. The van der Waals surface area contributed by atoms with Crippen molar-refractivity contribution in [3.05, 3.63) is 57.3 Å². The van der Waals surface area contributed by atoms with Gasteiger partial charge in [0.25, 0.3) is 0 Å². The van der Waals surface area contributed by atoms with Crippen LogP contribution in [0.4, 0.5) is 0 Å². The molecule has 0 unspecified atom stereocenters. The molecule has 0 atom stereocenters. The van der Waals surface area contributed by atoms with E-state index in [0.29, 0.717) is 15.7 Å². The molecule has 8 heteroatoms. The fraction of sp³-hybridized carbons (Fsp3) is 0.0833. The Kier molecular flexibility index (Phi) is 4.88. The van der Waals surface area contributed by atoms with Crippen molar-refractivity contribution in [2.45, 2.75) is 11.4 Å². The first-order chi connectivity index (χ1) is 9.38. The molecule has 0 saturated heterocycles. The van der Waals surface area contributed by atoms with Gasteiger partial charge in [-0.3, -0.25) is 0 Å². The van der Waals surface area contributed by atoms with Crippen LogP contribution in [-0.2, 0) is 16.6 Å². The Morgan fingerprint density at radius 2 is 1.85 bits per heavy atom. The van der Waals surface area contributed by atoms with E-state index in [1.165, 1.54) is 24.4 Å². The molecular weight excluding hydrogens is 343 g/mol.